The number of anilines is 3. The predicted molar refractivity (Wildman–Crippen MR) is 141 cm³/mol. The van der Waals surface area contributed by atoms with Gasteiger partial charge in [-0.2, -0.15) is 0 Å². The van der Waals surface area contributed by atoms with Gasteiger partial charge in [-0.1, -0.05) is 54.6 Å². The van der Waals surface area contributed by atoms with E-state index in [1.807, 2.05) is 47.7 Å². The number of hydrogen-bond acceptors (Lipinski definition) is 4. The highest BCUT2D eigenvalue weighted by Crippen LogP contribution is 2.52. The molecule has 0 saturated heterocycles. The largest absolute Gasteiger partial charge is 0.453 e. The SMILES string of the molecule is c1ccc2c(c1)Oc1ccccc1N2c1cccc2c1oc1c2ccc2sc3ccccc3c21. The molecular weight excluding hydrogens is 438 g/mol. The fourth-order valence-corrected chi connectivity index (χ4v) is 6.29. The fourth-order valence-electron chi connectivity index (χ4n) is 5.19. The summed E-state index contributed by atoms with van der Waals surface area (Å²) in [6.07, 6.45) is 0. The number of benzene rings is 5. The van der Waals surface area contributed by atoms with E-state index in [1.165, 1.54) is 20.2 Å². The molecule has 3 heterocycles. The minimum atomic E-state index is 0.834. The highest BCUT2D eigenvalue weighted by Gasteiger charge is 2.28. The smallest absolute Gasteiger partial charge is 0.159 e. The molecule has 4 heteroatoms. The molecule has 1 aliphatic rings. The zero-order chi connectivity index (χ0) is 22.2. The third-order valence-corrected chi connectivity index (χ3v) is 7.79. The van der Waals surface area contributed by atoms with Crippen molar-refractivity contribution in [2.45, 2.75) is 0 Å². The third kappa shape index (κ3) is 2.35. The molecule has 7 aromatic rings. The van der Waals surface area contributed by atoms with Crippen LogP contribution in [-0.2, 0) is 0 Å². The highest BCUT2D eigenvalue weighted by atomic mass is 32.1. The van der Waals surface area contributed by atoms with Crippen LogP contribution in [-0.4, -0.2) is 0 Å². The first-order valence-corrected chi connectivity index (χ1v) is 12.1. The van der Waals surface area contributed by atoms with E-state index >= 15 is 0 Å². The van der Waals surface area contributed by atoms with Crippen LogP contribution in [0, 0.1) is 0 Å². The van der Waals surface area contributed by atoms with Crippen LogP contribution >= 0.6 is 11.3 Å². The van der Waals surface area contributed by atoms with Crippen molar-refractivity contribution in [3.05, 3.63) is 103 Å². The molecule has 34 heavy (non-hydrogen) atoms. The maximum absolute atomic E-state index is 6.77. The van der Waals surface area contributed by atoms with Gasteiger partial charge in [0.05, 0.1) is 17.1 Å². The van der Waals surface area contributed by atoms with Crippen LogP contribution in [0.15, 0.2) is 108 Å². The maximum atomic E-state index is 6.77. The zero-order valence-corrected chi connectivity index (χ0v) is 18.8. The van der Waals surface area contributed by atoms with E-state index in [2.05, 4.69) is 71.6 Å². The first-order chi connectivity index (χ1) is 16.9. The van der Waals surface area contributed by atoms with Gasteiger partial charge in [-0.25, -0.2) is 0 Å². The average Bonchev–Trinajstić information content (AvgIpc) is 3.45. The molecule has 0 unspecified atom stereocenters. The third-order valence-electron chi connectivity index (χ3n) is 6.66. The molecule has 2 aromatic heterocycles. The van der Waals surface area contributed by atoms with E-state index in [-0.39, 0.29) is 0 Å². The number of furan rings is 1. The standard InChI is InChI=1S/C30H17NO2S/c1-6-15-26-20(8-1)28-27(34-26)17-16-19-18-9-7-12-23(29(18)33-30(19)28)31-21-10-2-4-13-24(21)32-25-14-5-3-11-22(25)31/h1-17H. The van der Waals surface area contributed by atoms with E-state index in [0.29, 0.717) is 0 Å². The summed E-state index contributed by atoms with van der Waals surface area (Å²) in [7, 11) is 0. The number of hydrogen-bond donors (Lipinski definition) is 0. The summed E-state index contributed by atoms with van der Waals surface area (Å²) in [6, 6.07) is 35.7. The fraction of sp³-hybridized carbons (Fsp3) is 0. The lowest BCUT2D eigenvalue weighted by atomic mass is 10.1. The highest BCUT2D eigenvalue weighted by molar-refractivity contribution is 7.26. The van der Waals surface area contributed by atoms with Gasteiger partial charge in [-0.3, -0.25) is 4.90 Å². The topological polar surface area (TPSA) is 25.6 Å². The molecule has 0 N–H and O–H groups in total. The molecular formula is C30H17NO2S. The Labute approximate surface area is 199 Å². The zero-order valence-electron chi connectivity index (χ0n) is 18.0. The Bertz CT molecular complexity index is 1870. The molecule has 5 aromatic carbocycles. The van der Waals surface area contributed by atoms with E-state index in [1.54, 1.807) is 0 Å². The van der Waals surface area contributed by atoms with Crippen molar-refractivity contribution >= 4 is 70.5 Å². The van der Waals surface area contributed by atoms with Gasteiger partial charge in [0.25, 0.3) is 0 Å². The van der Waals surface area contributed by atoms with Crippen molar-refractivity contribution in [2.75, 3.05) is 4.90 Å². The average molecular weight is 456 g/mol. The Morgan fingerprint density at radius 2 is 1.15 bits per heavy atom. The minimum Gasteiger partial charge on any atom is -0.453 e. The normalized spacial score (nSPS) is 12.9. The van der Waals surface area contributed by atoms with Crippen molar-refractivity contribution in [2.24, 2.45) is 0 Å². The summed E-state index contributed by atoms with van der Waals surface area (Å²) in [6.45, 7) is 0. The van der Waals surface area contributed by atoms with Crippen molar-refractivity contribution in [3.63, 3.8) is 0 Å². The van der Waals surface area contributed by atoms with E-state index in [4.69, 9.17) is 9.15 Å². The van der Waals surface area contributed by atoms with Crippen molar-refractivity contribution in [1.29, 1.82) is 0 Å². The predicted octanol–water partition coefficient (Wildman–Crippen LogP) is 9.53. The van der Waals surface area contributed by atoms with Gasteiger partial charge in [0.2, 0.25) is 0 Å². The Morgan fingerprint density at radius 3 is 1.97 bits per heavy atom. The van der Waals surface area contributed by atoms with Crippen molar-refractivity contribution < 1.29 is 9.15 Å². The molecule has 8 rings (SSSR count). The van der Waals surface area contributed by atoms with Crippen LogP contribution in [0.3, 0.4) is 0 Å². The summed E-state index contributed by atoms with van der Waals surface area (Å²) in [5.41, 5.74) is 4.84. The maximum Gasteiger partial charge on any atom is 0.159 e. The van der Waals surface area contributed by atoms with Crippen LogP contribution in [0.25, 0.3) is 42.1 Å². The van der Waals surface area contributed by atoms with Gasteiger partial charge in [0, 0.05) is 30.9 Å². The summed E-state index contributed by atoms with van der Waals surface area (Å²) in [5, 5.41) is 4.70. The number of para-hydroxylation sites is 5. The lowest BCUT2D eigenvalue weighted by Gasteiger charge is -2.32. The van der Waals surface area contributed by atoms with E-state index in [9.17, 15) is 0 Å². The number of rotatable bonds is 1. The van der Waals surface area contributed by atoms with E-state index in [0.717, 1.165) is 50.5 Å². The molecule has 1 aliphatic heterocycles. The number of thiophene rings is 1. The summed E-state index contributed by atoms with van der Waals surface area (Å²) in [5.74, 6) is 1.67. The Hall–Kier alpha value is -4.28. The van der Waals surface area contributed by atoms with Crippen molar-refractivity contribution in [3.8, 4) is 11.5 Å². The first kappa shape index (κ1) is 18.2. The second-order valence-corrected chi connectivity index (χ2v) is 9.63. The quantitative estimate of drug-likeness (QED) is 0.246. The van der Waals surface area contributed by atoms with Gasteiger partial charge in [0.15, 0.2) is 17.1 Å². The molecule has 0 atom stereocenters. The summed E-state index contributed by atoms with van der Waals surface area (Å²) in [4.78, 5) is 2.25. The molecule has 3 nitrogen and oxygen atoms in total. The number of fused-ring (bicyclic) bond motifs is 9. The van der Waals surface area contributed by atoms with Gasteiger partial charge >= 0.3 is 0 Å². The van der Waals surface area contributed by atoms with Gasteiger partial charge in [-0.05, 0) is 48.5 Å². The molecule has 0 saturated carbocycles. The van der Waals surface area contributed by atoms with Crippen LogP contribution in [0.1, 0.15) is 0 Å². The van der Waals surface area contributed by atoms with Gasteiger partial charge in [-0.15, -0.1) is 11.3 Å². The molecule has 160 valence electrons. The molecule has 0 spiro atoms. The lowest BCUT2D eigenvalue weighted by Crippen LogP contribution is -2.15. The molecule has 0 amide bonds. The second-order valence-electron chi connectivity index (χ2n) is 8.54. The molecule has 0 aliphatic carbocycles. The monoisotopic (exact) mass is 455 g/mol. The van der Waals surface area contributed by atoms with Gasteiger partial charge < -0.3 is 9.15 Å². The van der Waals surface area contributed by atoms with Crippen molar-refractivity contribution in [1.82, 2.24) is 0 Å². The second kappa shape index (κ2) is 6.62. The first-order valence-electron chi connectivity index (χ1n) is 11.3. The number of ether oxygens (including phenoxy) is 1. The van der Waals surface area contributed by atoms with Crippen LogP contribution < -0.4 is 9.64 Å². The van der Waals surface area contributed by atoms with Crippen LogP contribution in [0.5, 0.6) is 11.5 Å². The molecule has 0 fully saturated rings. The molecule has 0 radical (unpaired) electrons. The molecule has 0 bridgehead atoms. The minimum absolute atomic E-state index is 0.834. The van der Waals surface area contributed by atoms with Gasteiger partial charge in [0.1, 0.15) is 5.58 Å². The summed E-state index contributed by atoms with van der Waals surface area (Å²) < 4.78 is 15.5. The Balaban J connectivity index is 1.49. The Kier molecular flexibility index (Phi) is 3.54. The lowest BCUT2D eigenvalue weighted by molar-refractivity contribution is 0.477. The van der Waals surface area contributed by atoms with Crippen LogP contribution in [0.4, 0.5) is 17.1 Å². The van der Waals surface area contributed by atoms with E-state index < -0.39 is 0 Å². The Morgan fingerprint density at radius 1 is 0.500 bits per heavy atom. The van der Waals surface area contributed by atoms with Crippen LogP contribution in [0.2, 0.25) is 0 Å². The number of nitrogens with zero attached hydrogens (tertiary/aromatic N) is 1. The summed E-state index contributed by atoms with van der Waals surface area (Å²) >= 11 is 1.81.